The van der Waals surface area contributed by atoms with Crippen molar-refractivity contribution in [1.29, 1.82) is 0 Å². The smallest absolute Gasteiger partial charge is 0.170 e. The molecule has 0 heterocycles. The third kappa shape index (κ3) is 5.24. The molecule has 1 aromatic rings. The van der Waals surface area contributed by atoms with Crippen LogP contribution in [-0.2, 0) is 11.3 Å². The second-order valence-corrected chi connectivity index (χ2v) is 5.31. The topological polar surface area (TPSA) is 89.1 Å². The van der Waals surface area contributed by atoms with Crippen LogP contribution in [0, 0.1) is 0 Å². The molecule has 0 saturated heterocycles. The highest BCUT2D eigenvalue weighted by atomic mass is 16.5. The van der Waals surface area contributed by atoms with Gasteiger partial charge in [0.2, 0.25) is 0 Å². The first-order valence-electron chi connectivity index (χ1n) is 6.93. The number of nitrogens with one attached hydrogen (secondary N) is 1. The van der Waals surface area contributed by atoms with Gasteiger partial charge in [-0.3, -0.25) is 0 Å². The molecule has 4 N–H and O–H groups in total. The van der Waals surface area contributed by atoms with Gasteiger partial charge in [-0.15, -0.1) is 0 Å². The van der Waals surface area contributed by atoms with Gasteiger partial charge < -0.3 is 25.7 Å². The summed E-state index contributed by atoms with van der Waals surface area (Å²) in [5, 5.41) is 15.1. The van der Waals surface area contributed by atoms with Crippen molar-refractivity contribution in [2.75, 3.05) is 20.3 Å². The quantitative estimate of drug-likeness (QED) is 0.294. The van der Waals surface area contributed by atoms with Gasteiger partial charge in [-0.05, 0) is 39.0 Å². The highest BCUT2D eigenvalue weighted by molar-refractivity contribution is 5.97. The third-order valence-electron chi connectivity index (χ3n) is 3.09. The van der Waals surface area contributed by atoms with Gasteiger partial charge in [0.25, 0.3) is 0 Å². The van der Waals surface area contributed by atoms with Crippen LogP contribution in [0.4, 0.5) is 0 Å². The summed E-state index contributed by atoms with van der Waals surface area (Å²) in [7, 11) is 1.62. The molecule has 1 aromatic carbocycles. The number of methoxy groups -OCH3 is 1. The number of nitrogens with zero attached hydrogens (tertiary/aromatic N) is 1. The summed E-state index contributed by atoms with van der Waals surface area (Å²) in [4.78, 5) is 0. The normalized spacial score (nSPS) is 12.5. The van der Waals surface area contributed by atoms with Crippen LogP contribution in [-0.4, -0.2) is 36.9 Å². The molecule has 6 heteroatoms. The van der Waals surface area contributed by atoms with E-state index >= 15 is 0 Å². The number of oxime groups is 1. The van der Waals surface area contributed by atoms with E-state index in [0.29, 0.717) is 25.3 Å². The van der Waals surface area contributed by atoms with E-state index in [2.05, 4.69) is 10.5 Å². The minimum atomic E-state index is -0.231. The van der Waals surface area contributed by atoms with E-state index in [1.165, 1.54) is 0 Å². The zero-order valence-corrected chi connectivity index (χ0v) is 13.1. The Morgan fingerprint density at radius 2 is 2.14 bits per heavy atom. The maximum Gasteiger partial charge on any atom is 0.170 e. The van der Waals surface area contributed by atoms with Crippen LogP contribution in [0.2, 0.25) is 0 Å². The summed E-state index contributed by atoms with van der Waals surface area (Å²) < 4.78 is 11.0. The number of amidine groups is 1. The van der Waals surface area contributed by atoms with Gasteiger partial charge in [0.05, 0.1) is 12.7 Å². The molecular weight excluding hydrogens is 270 g/mol. The lowest BCUT2D eigenvalue weighted by molar-refractivity contribution is -0.00900. The van der Waals surface area contributed by atoms with E-state index in [1.54, 1.807) is 19.2 Å². The molecule has 0 aliphatic heterocycles. The Hall–Kier alpha value is -1.79. The van der Waals surface area contributed by atoms with E-state index in [-0.39, 0.29) is 11.4 Å². The minimum Gasteiger partial charge on any atom is -0.496 e. The van der Waals surface area contributed by atoms with Gasteiger partial charge in [0.15, 0.2) is 5.84 Å². The van der Waals surface area contributed by atoms with Crippen LogP contribution in [0.15, 0.2) is 23.4 Å². The van der Waals surface area contributed by atoms with Crippen LogP contribution in [0.25, 0.3) is 0 Å². The predicted octanol–water partition coefficient (Wildman–Crippen LogP) is 1.69. The second-order valence-electron chi connectivity index (χ2n) is 5.31. The standard InChI is InChI=1S/C15H25N3O3/c1-5-21-15(2,3)10-17-9-12-8-11(14(16)18-19)6-7-13(12)20-4/h6-8,17,19H,5,9-10H2,1-4H3,(H2,16,18). The van der Waals surface area contributed by atoms with Crippen molar-refractivity contribution < 1.29 is 14.7 Å². The molecule has 0 amide bonds. The molecule has 0 aromatic heterocycles. The van der Waals surface area contributed by atoms with E-state index in [4.69, 9.17) is 20.4 Å². The maximum atomic E-state index is 8.75. The maximum absolute atomic E-state index is 8.75. The Morgan fingerprint density at radius 1 is 1.43 bits per heavy atom. The summed E-state index contributed by atoms with van der Waals surface area (Å²) in [5.74, 6) is 0.833. The van der Waals surface area contributed by atoms with E-state index in [0.717, 1.165) is 11.3 Å². The zero-order chi connectivity index (χ0) is 15.9. The van der Waals surface area contributed by atoms with Crippen molar-refractivity contribution in [1.82, 2.24) is 5.32 Å². The molecule has 0 aliphatic rings. The Morgan fingerprint density at radius 3 is 2.71 bits per heavy atom. The number of nitrogens with two attached hydrogens (primary N) is 1. The highest BCUT2D eigenvalue weighted by Gasteiger charge is 2.17. The fourth-order valence-electron chi connectivity index (χ4n) is 2.07. The molecule has 118 valence electrons. The molecule has 6 nitrogen and oxygen atoms in total. The summed E-state index contributed by atoms with van der Waals surface area (Å²) >= 11 is 0. The van der Waals surface area contributed by atoms with E-state index in [9.17, 15) is 0 Å². The molecule has 21 heavy (non-hydrogen) atoms. The molecular formula is C15H25N3O3. The Labute approximate surface area is 125 Å². The zero-order valence-electron chi connectivity index (χ0n) is 13.1. The molecule has 0 fully saturated rings. The number of benzene rings is 1. The van der Waals surface area contributed by atoms with Crippen molar-refractivity contribution in [2.24, 2.45) is 10.9 Å². The van der Waals surface area contributed by atoms with E-state index < -0.39 is 0 Å². The Balaban J connectivity index is 2.77. The predicted molar refractivity (Wildman–Crippen MR) is 82.9 cm³/mol. The first kappa shape index (κ1) is 17.3. The van der Waals surface area contributed by atoms with Crippen molar-refractivity contribution in [3.8, 4) is 5.75 Å². The van der Waals surface area contributed by atoms with Crippen LogP contribution in [0.3, 0.4) is 0 Å². The molecule has 0 bridgehead atoms. The fraction of sp³-hybridized carbons (Fsp3) is 0.533. The lowest BCUT2D eigenvalue weighted by atomic mass is 10.1. The largest absolute Gasteiger partial charge is 0.496 e. The summed E-state index contributed by atoms with van der Waals surface area (Å²) in [6.45, 7) is 8.04. The van der Waals surface area contributed by atoms with Gasteiger partial charge in [-0.25, -0.2) is 0 Å². The van der Waals surface area contributed by atoms with Crippen LogP contribution >= 0.6 is 0 Å². The minimum absolute atomic E-state index is 0.0774. The lowest BCUT2D eigenvalue weighted by Gasteiger charge is -2.25. The Kier molecular flexibility index (Phi) is 6.45. The van der Waals surface area contributed by atoms with Gasteiger partial charge in [0, 0.05) is 30.8 Å². The summed E-state index contributed by atoms with van der Waals surface area (Å²) in [5.41, 5.74) is 6.97. The third-order valence-corrected chi connectivity index (χ3v) is 3.09. The van der Waals surface area contributed by atoms with Gasteiger partial charge in [0.1, 0.15) is 5.75 Å². The number of hydrogen-bond acceptors (Lipinski definition) is 5. The van der Waals surface area contributed by atoms with E-state index in [1.807, 2.05) is 26.8 Å². The molecule has 0 unspecified atom stereocenters. The molecule has 0 spiro atoms. The fourth-order valence-corrected chi connectivity index (χ4v) is 2.07. The van der Waals surface area contributed by atoms with Crippen LogP contribution in [0.1, 0.15) is 31.9 Å². The highest BCUT2D eigenvalue weighted by Crippen LogP contribution is 2.20. The summed E-state index contributed by atoms with van der Waals surface area (Å²) in [6.07, 6.45) is 0. The van der Waals surface area contributed by atoms with Gasteiger partial charge in [-0.1, -0.05) is 5.16 Å². The average molecular weight is 295 g/mol. The average Bonchev–Trinajstić information content (AvgIpc) is 2.46. The first-order valence-corrected chi connectivity index (χ1v) is 6.93. The molecule has 0 saturated carbocycles. The Bertz CT molecular complexity index is 487. The van der Waals surface area contributed by atoms with Gasteiger partial charge in [-0.2, -0.15) is 0 Å². The molecule has 0 atom stereocenters. The van der Waals surface area contributed by atoms with Gasteiger partial charge >= 0.3 is 0 Å². The number of ether oxygens (including phenoxy) is 2. The number of hydrogen-bond donors (Lipinski definition) is 3. The van der Waals surface area contributed by atoms with Crippen molar-refractivity contribution in [3.05, 3.63) is 29.3 Å². The van der Waals surface area contributed by atoms with Crippen molar-refractivity contribution in [3.63, 3.8) is 0 Å². The lowest BCUT2D eigenvalue weighted by Crippen LogP contribution is -2.37. The molecule has 0 aliphatic carbocycles. The SMILES string of the molecule is CCOC(C)(C)CNCc1cc(/C(N)=N/O)ccc1OC. The summed E-state index contributed by atoms with van der Waals surface area (Å²) in [6, 6.07) is 5.40. The van der Waals surface area contributed by atoms with Crippen molar-refractivity contribution in [2.45, 2.75) is 32.9 Å². The second kappa shape index (κ2) is 7.85. The first-order chi connectivity index (χ1) is 9.93. The molecule has 0 radical (unpaired) electrons. The van der Waals surface area contributed by atoms with Crippen LogP contribution in [0.5, 0.6) is 5.75 Å². The van der Waals surface area contributed by atoms with Crippen molar-refractivity contribution >= 4 is 5.84 Å². The monoisotopic (exact) mass is 295 g/mol. The molecule has 1 rings (SSSR count). The van der Waals surface area contributed by atoms with Crippen LogP contribution < -0.4 is 15.8 Å². The number of rotatable bonds is 8.